The van der Waals surface area contributed by atoms with Crippen LogP contribution in [0, 0.1) is 0 Å². The van der Waals surface area contributed by atoms with Gasteiger partial charge in [-0.1, -0.05) is 30.3 Å². The number of nitrogens with two attached hydrogens (primary N) is 1. The highest BCUT2D eigenvalue weighted by atomic mass is 16.5. The summed E-state index contributed by atoms with van der Waals surface area (Å²) in [5.74, 6) is 1.67. The van der Waals surface area contributed by atoms with E-state index in [0.717, 1.165) is 25.0 Å². The largest absolute Gasteiger partial charge is 0.378 e. The van der Waals surface area contributed by atoms with Gasteiger partial charge in [-0.05, 0) is 12.8 Å². The Morgan fingerprint density at radius 1 is 0.966 bits per heavy atom. The molecule has 29 heavy (non-hydrogen) atoms. The Morgan fingerprint density at radius 3 is 2.45 bits per heavy atom. The van der Waals surface area contributed by atoms with Gasteiger partial charge in [-0.25, -0.2) is 0 Å². The summed E-state index contributed by atoms with van der Waals surface area (Å²) in [5.41, 5.74) is 6.31. The molecule has 1 fully saturated rings. The third-order valence-corrected chi connectivity index (χ3v) is 4.34. The van der Waals surface area contributed by atoms with Crippen LogP contribution in [-0.4, -0.2) is 73.7 Å². The number of anilines is 2. The van der Waals surface area contributed by atoms with Crippen molar-refractivity contribution in [2.24, 2.45) is 5.73 Å². The predicted octanol–water partition coefficient (Wildman–Crippen LogP) is 1.53. The zero-order valence-electron chi connectivity index (χ0n) is 16.7. The quantitative estimate of drug-likeness (QED) is 0.429. The number of nitrogens with one attached hydrogen (secondary N) is 2. The van der Waals surface area contributed by atoms with Gasteiger partial charge in [0.25, 0.3) is 0 Å². The summed E-state index contributed by atoms with van der Waals surface area (Å²) in [6, 6.07) is 9.86. The fourth-order valence-electron chi connectivity index (χ4n) is 2.90. The molecule has 1 aromatic heterocycles. The zero-order valence-corrected chi connectivity index (χ0v) is 16.7. The minimum Gasteiger partial charge on any atom is -0.378 e. The lowest BCUT2D eigenvalue weighted by molar-refractivity contribution is 0.0547. The van der Waals surface area contributed by atoms with E-state index in [1.807, 2.05) is 30.3 Å². The summed E-state index contributed by atoms with van der Waals surface area (Å²) < 4.78 is 16.5. The van der Waals surface area contributed by atoms with Gasteiger partial charge in [0.1, 0.15) is 0 Å². The van der Waals surface area contributed by atoms with Crippen LogP contribution in [0.5, 0.6) is 0 Å². The monoisotopic (exact) mass is 402 g/mol. The Kier molecular flexibility index (Phi) is 9.05. The van der Waals surface area contributed by atoms with Gasteiger partial charge in [0.05, 0.1) is 32.5 Å². The summed E-state index contributed by atoms with van der Waals surface area (Å²) in [4.78, 5) is 13.6. The van der Waals surface area contributed by atoms with Crippen LogP contribution in [0.15, 0.2) is 30.3 Å². The van der Waals surface area contributed by atoms with Crippen molar-refractivity contribution in [3.63, 3.8) is 0 Å². The second kappa shape index (κ2) is 12.3. The number of nitrogens with zero attached hydrogens (tertiary/aromatic N) is 3. The van der Waals surface area contributed by atoms with E-state index < -0.39 is 0 Å². The molecule has 4 N–H and O–H groups in total. The molecular weight excluding hydrogens is 372 g/mol. The van der Waals surface area contributed by atoms with Gasteiger partial charge in [-0.3, -0.25) is 0 Å². The van der Waals surface area contributed by atoms with Crippen LogP contribution in [0.3, 0.4) is 0 Å². The highest BCUT2D eigenvalue weighted by Crippen LogP contribution is 2.18. The van der Waals surface area contributed by atoms with Crippen LogP contribution >= 0.6 is 0 Å². The van der Waals surface area contributed by atoms with Crippen LogP contribution in [0.25, 0.3) is 11.4 Å². The van der Waals surface area contributed by atoms with Crippen molar-refractivity contribution in [3.8, 4) is 11.4 Å². The lowest BCUT2D eigenvalue weighted by Crippen LogP contribution is -2.21. The molecule has 0 saturated carbocycles. The number of hydrogen-bond donors (Lipinski definition) is 3. The van der Waals surface area contributed by atoms with Crippen molar-refractivity contribution in [2.75, 3.05) is 63.3 Å². The molecule has 1 aliphatic rings. The molecule has 9 heteroatoms. The third-order valence-electron chi connectivity index (χ3n) is 4.34. The van der Waals surface area contributed by atoms with Gasteiger partial charge in [0, 0.05) is 31.8 Å². The first kappa shape index (κ1) is 21.4. The standard InChI is InChI=1S/C20H30N6O3/c21-8-11-27-13-14-28-12-9-22-19-24-18(16-5-2-1-3-6-16)25-20(26-19)23-15-17-7-4-10-29-17/h1-3,5-6,17H,4,7-15,21H2,(H2,22,23,24,25,26). The lowest BCUT2D eigenvalue weighted by Gasteiger charge is -2.13. The van der Waals surface area contributed by atoms with Crippen LogP contribution in [-0.2, 0) is 14.2 Å². The molecule has 2 heterocycles. The first-order valence-corrected chi connectivity index (χ1v) is 10.1. The molecule has 2 aromatic rings. The van der Waals surface area contributed by atoms with Crippen molar-refractivity contribution in [1.82, 2.24) is 15.0 Å². The number of benzene rings is 1. The Hall–Kier alpha value is -2.33. The predicted molar refractivity (Wildman–Crippen MR) is 112 cm³/mol. The molecule has 0 bridgehead atoms. The van der Waals surface area contributed by atoms with Crippen molar-refractivity contribution in [1.29, 1.82) is 0 Å². The number of rotatable bonds is 13. The Balaban J connectivity index is 1.55. The van der Waals surface area contributed by atoms with E-state index in [0.29, 0.717) is 63.8 Å². The van der Waals surface area contributed by atoms with Crippen LogP contribution in [0.2, 0.25) is 0 Å². The molecule has 1 aromatic carbocycles. The average molecular weight is 402 g/mol. The first-order valence-electron chi connectivity index (χ1n) is 10.1. The van der Waals surface area contributed by atoms with E-state index in [9.17, 15) is 0 Å². The van der Waals surface area contributed by atoms with E-state index in [1.54, 1.807) is 0 Å². The normalized spacial score (nSPS) is 16.1. The van der Waals surface area contributed by atoms with E-state index in [1.165, 1.54) is 0 Å². The maximum absolute atomic E-state index is 5.66. The van der Waals surface area contributed by atoms with E-state index in [4.69, 9.17) is 19.9 Å². The maximum Gasteiger partial charge on any atom is 0.228 e. The number of aromatic nitrogens is 3. The molecule has 158 valence electrons. The molecule has 0 radical (unpaired) electrons. The molecule has 1 unspecified atom stereocenters. The molecule has 3 rings (SSSR count). The SMILES string of the molecule is NCCOCCOCCNc1nc(NCC2CCCO2)nc(-c2ccccc2)n1. The minimum atomic E-state index is 0.207. The second-order valence-electron chi connectivity index (χ2n) is 6.63. The summed E-state index contributed by atoms with van der Waals surface area (Å²) in [6.45, 7) is 4.76. The molecule has 9 nitrogen and oxygen atoms in total. The van der Waals surface area contributed by atoms with Crippen LogP contribution < -0.4 is 16.4 Å². The molecule has 1 atom stereocenters. The molecular formula is C20H30N6O3. The van der Waals surface area contributed by atoms with Crippen molar-refractivity contribution in [2.45, 2.75) is 18.9 Å². The van der Waals surface area contributed by atoms with E-state index in [-0.39, 0.29) is 6.10 Å². The van der Waals surface area contributed by atoms with Crippen molar-refractivity contribution < 1.29 is 14.2 Å². The highest BCUT2D eigenvalue weighted by molar-refractivity contribution is 5.57. The average Bonchev–Trinajstić information content (AvgIpc) is 3.28. The molecule has 0 amide bonds. The van der Waals surface area contributed by atoms with Gasteiger partial charge in [0.15, 0.2) is 5.82 Å². The van der Waals surface area contributed by atoms with Gasteiger partial charge in [0.2, 0.25) is 11.9 Å². The maximum atomic E-state index is 5.66. The Bertz CT molecular complexity index is 713. The third kappa shape index (κ3) is 7.54. The van der Waals surface area contributed by atoms with Gasteiger partial charge >= 0.3 is 0 Å². The zero-order chi connectivity index (χ0) is 20.2. The van der Waals surface area contributed by atoms with Gasteiger partial charge < -0.3 is 30.6 Å². The summed E-state index contributed by atoms with van der Waals surface area (Å²) in [5, 5.41) is 6.49. The molecule has 1 saturated heterocycles. The lowest BCUT2D eigenvalue weighted by atomic mass is 10.2. The molecule has 1 aliphatic heterocycles. The van der Waals surface area contributed by atoms with E-state index >= 15 is 0 Å². The Morgan fingerprint density at radius 2 is 1.72 bits per heavy atom. The summed E-state index contributed by atoms with van der Waals surface area (Å²) >= 11 is 0. The van der Waals surface area contributed by atoms with Crippen molar-refractivity contribution >= 4 is 11.9 Å². The van der Waals surface area contributed by atoms with Crippen LogP contribution in [0.1, 0.15) is 12.8 Å². The smallest absolute Gasteiger partial charge is 0.228 e. The fourth-order valence-corrected chi connectivity index (χ4v) is 2.90. The van der Waals surface area contributed by atoms with Gasteiger partial charge in [-0.15, -0.1) is 0 Å². The van der Waals surface area contributed by atoms with Crippen molar-refractivity contribution in [3.05, 3.63) is 30.3 Å². The number of hydrogen-bond acceptors (Lipinski definition) is 9. The Labute approximate surface area is 171 Å². The summed E-state index contributed by atoms with van der Waals surface area (Å²) in [7, 11) is 0. The first-order chi connectivity index (χ1) is 14.3. The minimum absolute atomic E-state index is 0.207. The topological polar surface area (TPSA) is 116 Å². The highest BCUT2D eigenvalue weighted by Gasteiger charge is 2.16. The number of ether oxygens (including phenoxy) is 3. The molecule has 0 spiro atoms. The summed E-state index contributed by atoms with van der Waals surface area (Å²) in [6.07, 6.45) is 2.36. The van der Waals surface area contributed by atoms with Gasteiger partial charge in [-0.2, -0.15) is 15.0 Å². The van der Waals surface area contributed by atoms with Crippen LogP contribution in [0.4, 0.5) is 11.9 Å². The fraction of sp³-hybridized carbons (Fsp3) is 0.550. The second-order valence-corrected chi connectivity index (χ2v) is 6.63. The molecule has 0 aliphatic carbocycles. The van der Waals surface area contributed by atoms with E-state index in [2.05, 4.69) is 25.6 Å².